The molecule has 0 aromatic rings. The second-order valence-corrected chi connectivity index (χ2v) is 8.11. The van der Waals surface area contributed by atoms with Gasteiger partial charge in [-0.3, -0.25) is 4.79 Å². The lowest BCUT2D eigenvalue weighted by Crippen LogP contribution is -2.41. The molecule has 4 fully saturated rings. The number of carbonyl (C=O) groups is 1. The number of hydrogen-bond donors (Lipinski definition) is 1. The Morgan fingerprint density at radius 1 is 1.00 bits per heavy atom. The predicted molar refractivity (Wildman–Crippen MR) is 83.9 cm³/mol. The molecular formula is C18H30N2O. The van der Waals surface area contributed by atoms with Crippen LogP contribution in [0.25, 0.3) is 0 Å². The van der Waals surface area contributed by atoms with Crippen LogP contribution in [0.4, 0.5) is 0 Å². The smallest absolute Gasteiger partial charge is 0.223 e. The van der Waals surface area contributed by atoms with E-state index in [1.165, 1.54) is 51.4 Å². The second kappa shape index (κ2) is 5.91. The number of hydrogen-bond acceptors (Lipinski definition) is 2. The van der Waals surface area contributed by atoms with E-state index in [-0.39, 0.29) is 0 Å². The van der Waals surface area contributed by atoms with Crippen LogP contribution in [0, 0.1) is 23.7 Å². The molecule has 0 spiro atoms. The van der Waals surface area contributed by atoms with Gasteiger partial charge in [-0.2, -0.15) is 0 Å². The normalized spacial score (nSPS) is 36.1. The quantitative estimate of drug-likeness (QED) is 0.844. The van der Waals surface area contributed by atoms with Gasteiger partial charge in [-0.15, -0.1) is 0 Å². The second-order valence-electron chi connectivity index (χ2n) is 8.11. The van der Waals surface area contributed by atoms with Crippen molar-refractivity contribution in [2.45, 2.75) is 63.8 Å². The first kappa shape index (κ1) is 14.0. The van der Waals surface area contributed by atoms with Crippen LogP contribution in [0.3, 0.4) is 0 Å². The van der Waals surface area contributed by atoms with Gasteiger partial charge in [0.15, 0.2) is 0 Å². The van der Waals surface area contributed by atoms with Gasteiger partial charge in [0, 0.05) is 19.0 Å². The molecule has 1 saturated heterocycles. The van der Waals surface area contributed by atoms with E-state index in [1.807, 2.05) is 0 Å². The summed E-state index contributed by atoms with van der Waals surface area (Å²) >= 11 is 0. The molecule has 1 N–H and O–H groups in total. The van der Waals surface area contributed by atoms with Crippen LogP contribution in [0.5, 0.6) is 0 Å². The van der Waals surface area contributed by atoms with Gasteiger partial charge in [-0.1, -0.05) is 6.42 Å². The summed E-state index contributed by atoms with van der Waals surface area (Å²) in [7, 11) is 0. The predicted octanol–water partition coefficient (Wildman–Crippen LogP) is 2.80. The maximum absolute atomic E-state index is 12.8. The third-order valence-electron chi connectivity index (χ3n) is 6.54. The zero-order valence-corrected chi connectivity index (χ0v) is 13.2. The number of carbonyl (C=O) groups excluding carboxylic acids is 1. The zero-order valence-electron chi connectivity index (χ0n) is 13.2. The van der Waals surface area contributed by atoms with Gasteiger partial charge in [0.1, 0.15) is 0 Å². The summed E-state index contributed by atoms with van der Waals surface area (Å²) in [5.74, 6) is 3.82. The van der Waals surface area contributed by atoms with Gasteiger partial charge >= 0.3 is 0 Å². The number of fused-ring (bicyclic) bond motifs is 2. The average Bonchev–Trinajstić information content (AvgIpc) is 3.14. The van der Waals surface area contributed by atoms with Crippen molar-refractivity contribution in [1.82, 2.24) is 10.2 Å². The van der Waals surface area contributed by atoms with E-state index in [0.29, 0.717) is 11.9 Å². The molecule has 1 amide bonds. The van der Waals surface area contributed by atoms with E-state index in [2.05, 4.69) is 10.2 Å². The fourth-order valence-electron chi connectivity index (χ4n) is 5.15. The number of nitrogens with zero attached hydrogens (tertiary/aromatic N) is 1. The number of piperidine rings is 1. The van der Waals surface area contributed by atoms with E-state index in [4.69, 9.17) is 0 Å². The number of amides is 1. The largest absolute Gasteiger partial charge is 0.339 e. The molecule has 3 heteroatoms. The molecule has 3 unspecified atom stereocenters. The van der Waals surface area contributed by atoms with Gasteiger partial charge in [0.05, 0.1) is 0 Å². The van der Waals surface area contributed by atoms with Crippen molar-refractivity contribution >= 4 is 5.91 Å². The Labute approximate surface area is 128 Å². The Kier molecular flexibility index (Phi) is 3.95. The van der Waals surface area contributed by atoms with Gasteiger partial charge < -0.3 is 10.2 Å². The van der Waals surface area contributed by atoms with Crippen LogP contribution in [-0.2, 0) is 4.79 Å². The third-order valence-corrected chi connectivity index (χ3v) is 6.54. The lowest BCUT2D eigenvalue weighted by molar-refractivity contribution is -0.134. The molecule has 118 valence electrons. The third kappa shape index (κ3) is 3.13. The molecule has 3 saturated carbocycles. The first-order valence-electron chi connectivity index (χ1n) is 9.30. The van der Waals surface area contributed by atoms with Crippen LogP contribution in [0.15, 0.2) is 0 Å². The highest BCUT2D eigenvalue weighted by molar-refractivity contribution is 5.77. The van der Waals surface area contributed by atoms with Crippen LogP contribution in [0.1, 0.15) is 57.8 Å². The molecule has 3 atom stereocenters. The van der Waals surface area contributed by atoms with E-state index in [0.717, 1.165) is 49.7 Å². The summed E-state index contributed by atoms with van der Waals surface area (Å²) in [4.78, 5) is 15.1. The van der Waals surface area contributed by atoms with Gasteiger partial charge in [-0.25, -0.2) is 0 Å². The van der Waals surface area contributed by atoms with Crippen molar-refractivity contribution in [3.63, 3.8) is 0 Å². The van der Waals surface area contributed by atoms with E-state index >= 15 is 0 Å². The Morgan fingerprint density at radius 2 is 1.81 bits per heavy atom. The Morgan fingerprint density at radius 3 is 2.43 bits per heavy atom. The number of rotatable bonds is 5. The maximum Gasteiger partial charge on any atom is 0.223 e. The van der Waals surface area contributed by atoms with Crippen molar-refractivity contribution < 1.29 is 4.79 Å². The molecule has 1 heterocycles. The van der Waals surface area contributed by atoms with Crippen molar-refractivity contribution in [1.29, 1.82) is 0 Å². The van der Waals surface area contributed by atoms with Gasteiger partial charge in [-0.05, 0) is 81.7 Å². The highest BCUT2D eigenvalue weighted by atomic mass is 16.2. The summed E-state index contributed by atoms with van der Waals surface area (Å²) < 4.78 is 0. The molecular weight excluding hydrogens is 260 g/mol. The highest BCUT2D eigenvalue weighted by Gasteiger charge is 2.42. The molecule has 0 aromatic carbocycles. The van der Waals surface area contributed by atoms with Crippen LogP contribution < -0.4 is 5.32 Å². The minimum absolute atomic E-state index is 0.494. The lowest BCUT2D eigenvalue weighted by Gasteiger charge is -2.32. The van der Waals surface area contributed by atoms with Gasteiger partial charge in [0.25, 0.3) is 0 Å². The van der Waals surface area contributed by atoms with Crippen molar-refractivity contribution in [3.05, 3.63) is 0 Å². The first-order chi connectivity index (χ1) is 10.3. The van der Waals surface area contributed by atoms with E-state index in [1.54, 1.807) is 0 Å². The van der Waals surface area contributed by atoms with Crippen LogP contribution >= 0.6 is 0 Å². The van der Waals surface area contributed by atoms with Gasteiger partial charge in [0.2, 0.25) is 5.91 Å². The molecule has 0 radical (unpaired) electrons. The van der Waals surface area contributed by atoms with Crippen molar-refractivity contribution in [3.8, 4) is 0 Å². The number of nitrogens with one attached hydrogen (secondary N) is 1. The van der Waals surface area contributed by atoms with Crippen LogP contribution in [0.2, 0.25) is 0 Å². The Balaban J connectivity index is 1.33. The Hall–Kier alpha value is -0.570. The summed E-state index contributed by atoms with van der Waals surface area (Å²) in [6, 6.07) is 0.603. The SMILES string of the molecule is O=C(CC1CC2CCC1C2)N(CC1CCNCC1)C1CC1. The summed E-state index contributed by atoms with van der Waals surface area (Å²) in [6.07, 6.45) is 11.5. The average molecular weight is 290 g/mol. The molecule has 2 bridgehead atoms. The minimum atomic E-state index is 0.494. The molecule has 21 heavy (non-hydrogen) atoms. The topological polar surface area (TPSA) is 32.3 Å². The molecule has 1 aliphatic heterocycles. The first-order valence-corrected chi connectivity index (χ1v) is 9.30. The van der Waals surface area contributed by atoms with Crippen molar-refractivity contribution in [2.24, 2.45) is 23.7 Å². The molecule has 0 aromatic heterocycles. The maximum atomic E-state index is 12.8. The van der Waals surface area contributed by atoms with Crippen LogP contribution in [-0.4, -0.2) is 36.5 Å². The minimum Gasteiger partial charge on any atom is -0.339 e. The van der Waals surface area contributed by atoms with E-state index < -0.39 is 0 Å². The molecule has 3 aliphatic carbocycles. The fraction of sp³-hybridized carbons (Fsp3) is 0.944. The molecule has 4 rings (SSSR count). The lowest BCUT2D eigenvalue weighted by atomic mass is 9.86. The summed E-state index contributed by atoms with van der Waals surface area (Å²) in [5.41, 5.74) is 0. The Bertz CT molecular complexity index is 387. The van der Waals surface area contributed by atoms with Crippen molar-refractivity contribution in [2.75, 3.05) is 19.6 Å². The van der Waals surface area contributed by atoms with E-state index in [9.17, 15) is 4.79 Å². The monoisotopic (exact) mass is 290 g/mol. The molecule has 3 nitrogen and oxygen atoms in total. The zero-order chi connectivity index (χ0) is 14.2. The standard InChI is InChI=1S/C18H30N2O/c21-18(11-16-10-14-1-2-15(16)9-14)20(17-3-4-17)12-13-5-7-19-8-6-13/h13-17,19H,1-12H2. The highest BCUT2D eigenvalue weighted by Crippen LogP contribution is 2.49. The summed E-state index contributed by atoms with van der Waals surface area (Å²) in [5, 5.41) is 3.44. The fourth-order valence-corrected chi connectivity index (χ4v) is 5.15. The molecule has 4 aliphatic rings. The summed E-state index contributed by atoms with van der Waals surface area (Å²) in [6.45, 7) is 3.33.